The fourth-order valence-electron chi connectivity index (χ4n) is 2.81. The Labute approximate surface area is 145 Å². The van der Waals surface area contributed by atoms with Crippen molar-refractivity contribution in [2.75, 3.05) is 0 Å². The summed E-state index contributed by atoms with van der Waals surface area (Å²) in [6, 6.07) is 26.2. The molecule has 118 valence electrons. The third kappa shape index (κ3) is 2.89. The molecule has 3 aromatic carbocycles. The minimum absolute atomic E-state index is 0.567. The first-order valence-electron chi connectivity index (χ1n) is 7.84. The Morgan fingerprint density at radius 2 is 1.62 bits per heavy atom. The summed E-state index contributed by atoms with van der Waals surface area (Å²) in [7, 11) is 0. The smallest absolute Gasteiger partial charge is 0.120 e. The van der Waals surface area contributed by atoms with Gasteiger partial charge in [-0.25, -0.2) is 0 Å². The van der Waals surface area contributed by atoms with Crippen LogP contribution in [0.25, 0.3) is 16.6 Å². The summed E-state index contributed by atoms with van der Waals surface area (Å²) in [4.78, 5) is 0. The van der Waals surface area contributed by atoms with E-state index >= 15 is 0 Å². The van der Waals surface area contributed by atoms with Crippen LogP contribution >= 0.6 is 11.6 Å². The highest BCUT2D eigenvalue weighted by Crippen LogP contribution is 2.28. The third-order valence-corrected chi connectivity index (χ3v) is 4.34. The van der Waals surface area contributed by atoms with Crippen LogP contribution in [-0.2, 0) is 6.61 Å². The van der Waals surface area contributed by atoms with Crippen molar-refractivity contribution in [1.29, 1.82) is 0 Å². The van der Waals surface area contributed by atoms with Gasteiger partial charge in [-0.3, -0.25) is 0 Å². The zero-order valence-corrected chi connectivity index (χ0v) is 13.8. The lowest BCUT2D eigenvalue weighted by molar-refractivity contribution is 0.306. The molecule has 1 aromatic heterocycles. The molecule has 0 aliphatic carbocycles. The van der Waals surface area contributed by atoms with Crippen molar-refractivity contribution in [2.45, 2.75) is 6.61 Å². The lowest BCUT2D eigenvalue weighted by Crippen LogP contribution is -1.95. The first kappa shape index (κ1) is 14.9. The molecular formula is C21H16ClNO. The van der Waals surface area contributed by atoms with E-state index in [4.69, 9.17) is 16.3 Å². The predicted octanol–water partition coefficient (Wildman–Crippen LogP) is 5.86. The van der Waals surface area contributed by atoms with Crippen LogP contribution in [0.5, 0.6) is 5.75 Å². The second-order valence-electron chi connectivity index (χ2n) is 5.63. The highest BCUT2D eigenvalue weighted by molar-refractivity contribution is 6.32. The minimum Gasteiger partial charge on any atom is -0.489 e. The molecule has 0 unspecified atom stereocenters. The van der Waals surface area contributed by atoms with Gasteiger partial charge < -0.3 is 9.30 Å². The van der Waals surface area contributed by atoms with Crippen LogP contribution in [0, 0.1) is 0 Å². The second kappa shape index (κ2) is 6.42. The van der Waals surface area contributed by atoms with Crippen molar-refractivity contribution in [3.05, 3.63) is 95.6 Å². The zero-order valence-electron chi connectivity index (χ0n) is 13.0. The van der Waals surface area contributed by atoms with E-state index < -0.39 is 0 Å². The Morgan fingerprint density at radius 3 is 2.46 bits per heavy atom. The van der Waals surface area contributed by atoms with Gasteiger partial charge in [-0.1, -0.05) is 54.1 Å². The predicted molar refractivity (Wildman–Crippen MR) is 99.1 cm³/mol. The maximum atomic E-state index is 6.32. The van der Waals surface area contributed by atoms with E-state index in [0.717, 1.165) is 32.9 Å². The third-order valence-electron chi connectivity index (χ3n) is 4.02. The number of para-hydroxylation sites is 1. The Bertz CT molecular complexity index is 975. The van der Waals surface area contributed by atoms with Crippen LogP contribution in [0.3, 0.4) is 0 Å². The lowest BCUT2D eigenvalue weighted by atomic mass is 10.2. The van der Waals surface area contributed by atoms with E-state index in [1.807, 2.05) is 54.7 Å². The fourth-order valence-corrected chi connectivity index (χ4v) is 3.04. The molecule has 2 nitrogen and oxygen atoms in total. The summed E-state index contributed by atoms with van der Waals surface area (Å²) in [5, 5.41) is 1.86. The van der Waals surface area contributed by atoms with Gasteiger partial charge in [0, 0.05) is 11.6 Å². The fraction of sp³-hybridized carbons (Fsp3) is 0.0476. The van der Waals surface area contributed by atoms with Crippen molar-refractivity contribution in [3.8, 4) is 11.4 Å². The van der Waals surface area contributed by atoms with Crippen LogP contribution < -0.4 is 4.74 Å². The molecule has 0 atom stereocenters. The molecule has 0 bridgehead atoms. The van der Waals surface area contributed by atoms with Gasteiger partial charge in [-0.05, 0) is 42.0 Å². The van der Waals surface area contributed by atoms with Gasteiger partial charge in [0.05, 0.1) is 16.2 Å². The summed E-state index contributed by atoms with van der Waals surface area (Å²) in [6.45, 7) is 0.567. The van der Waals surface area contributed by atoms with Crippen molar-refractivity contribution >= 4 is 22.5 Å². The van der Waals surface area contributed by atoms with E-state index in [-0.39, 0.29) is 0 Å². The van der Waals surface area contributed by atoms with Crippen LogP contribution in [0.2, 0.25) is 5.02 Å². The topological polar surface area (TPSA) is 14.2 Å². The molecular weight excluding hydrogens is 318 g/mol. The van der Waals surface area contributed by atoms with Crippen LogP contribution in [0.4, 0.5) is 0 Å². The normalized spacial score (nSPS) is 10.9. The number of hydrogen-bond acceptors (Lipinski definition) is 1. The molecule has 4 rings (SSSR count). The number of hydrogen-bond donors (Lipinski definition) is 0. The number of halogens is 1. The Balaban J connectivity index is 1.62. The number of benzene rings is 3. The van der Waals surface area contributed by atoms with Crippen LogP contribution in [0.1, 0.15) is 5.56 Å². The summed E-state index contributed by atoms with van der Waals surface area (Å²) in [5.74, 6) is 0.864. The van der Waals surface area contributed by atoms with Gasteiger partial charge in [0.1, 0.15) is 12.4 Å². The molecule has 0 amide bonds. The molecule has 0 saturated carbocycles. The summed E-state index contributed by atoms with van der Waals surface area (Å²) >= 11 is 6.32. The van der Waals surface area contributed by atoms with E-state index in [2.05, 4.69) is 34.9 Å². The van der Waals surface area contributed by atoms with Gasteiger partial charge in [-0.2, -0.15) is 0 Å². The van der Waals surface area contributed by atoms with Gasteiger partial charge in [0.25, 0.3) is 0 Å². The molecule has 0 N–H and O–H groups in total. The Morgan fingerprint density at radius 1 is 0.833 bits per heavy atom. The minimum atomic E-state index is 0.567. The van der Waals surface area contributed by atoms with E-state index in [1.165, 1.54) is 0 Å². The molecule has 0 aliphatic heterocycles. The number of ether oxygens (including phenoxy) is 1. The van der Waals surface area contributed by atoms with E-state index in [0.29, 0.717) is 6.61 Å². The summed E-state index contributed by atoms with van der Waals surface area (Å²) in [6.07, 6.45) is 2.03. The van der Waals surface area contributed by atoms with Crippen LogP contribution in [-0.4, -0.2) is 4.57 Å². The zero-order chi connectivity index (χ0) is 16.4. The number of nitrogens with zero attached hydrogens (tertiary/aromatic N) is 1. The highest BCUT2D eigenvalue weighted by atomic mass is 35.5. The van der Waals surface area contributed by atoms with Crippen molar-refractivity contribution in [2.24, 2.45) is 0 Å². The molecule has 0 saturated heterocycles. The first-order chi connectivity index (χ1) is 11.8. The number of fused-ring (bicyclic) bond motifs is 1. The maximum absolute atomic E-state index is 6.32. The standard InChI is InChI=1S/C21H16ClNO/c22-19-8-4-5-9-21(19)23-13-12-17-14-18(10-11-20(17)23)24-15-16-6-2-1-3-7-16/h1-14H,15H2. The van der Waals surface area contributed by atoms with Gasteiger partial charge >= 0.3 is 0 Å². The SMILES string of the molecule is Clc1ccccc1-n1ccc2cc(OCc3ccccc3)ccc21. The first-order valence-corrected chi connectivity index (χ1v) is 8.22. The summed E-state index contributed by atoms with van der Waals surface area (Å²) < 4.78 is 8.00. The average Bonchev–Trinajstić information content (AvgIpc) is 3.04. The maximum Gasteiger partial charge on any atom is 0.120 e. The quantitative estimate of drug-likeness (QED) is 0.456. The van der Waals surface area contributed by atoms with E-state index in [1.54, 1.807) is 0 Å². The van der Waals surface area contributed by atoms with Crippen molar-refractivity contribution in [3.63, 3.8) is 0 Å². The average molecular weight is 334 g/mol. The van der Waals surface area contributed by atoms with E-state index in [9.17, 15) is 0 Å². The molecule has 1 heterocycles. The summed E-state index contributed by atoms with van der Waals surface area (Å²) in [5.41, 5.74) is 3.24. The molecule has 0 fully saturated rings. The molecule has 0 radical (unpaired) electrons. The van der Waals surface area contributed by atoms with Crippen molar-refractivity contribution in [1.82, 2.24) is 4.57 Å². The Hall–Kier alpha value is -2.71. The molecule has 0 aliphatic rings. The van der Waals surface area contributed by atoms with Gasteiger partial charge in [0.2, 0.25) is 0 Å². The lowest BCUT2D eigenvalue weighted by Gasteiger charge is -2.09. The highest BCUT2D eigenvalue weighted by Gasteiger charge is 2.07. The largest absolute Gasteiger partial charge is 0.489 e. The Kier molecular flexibility index (Phi) is 3.97. The number of aromatic nitrogens is 1. The monoisotopic (exact) mass is 333 g/mol. The molecule has 4 aromatic rings. The molecule has 3 heteroatoms. The van der Waals surface area contributed by atoms with Crippen molar-refractivity contribution < 1.29 is 4.74 Å². The van der Waals surface area contributed by atoms with Gasteiger partial charge in [-0.15, -0.1) is 0 Å². The van der Waals surface area contributed by atoms with Crippen LogP contribution in [0.15, 0.2) is 85.1 Å². The molecule has 0 spiro atoms. The molecule has 24 heavy (non-hydrogen) atoms. The number of rotatable bonds is 4. The van der Waals surface area contributed by atoms with Gasteiger partial charge in [0.15, 0.2) is 0 Å². The second-order valence-corrected chi connectivity index (χ2v) is 6.04.